The lowest BCUT2D eigenvalue weighted by Gasteiger charge is -2.21. The summed E-state index contributed by atoms with van der Waals surface area (Å²) in [5, 5.41) is 11.5. The van der Waals surface area contributed by atoms with Crippen molar-refractivity contribution in [3.8, 4) is 17.3 Å². The second-order valence-corrected chi connectivity index (χ2v) is 7.90. The highest BCUT2D eigenvalue weighted by atomic mass is 16.3. The molecule has 5 rings (SSSR count). The number of fused-ring (bicyclic) bond motifs is 4. The van der Waals surface area contributed by atoms with Crippen molar-refractivity contribution in [2.75, 3.05) is 0 Å². The van der Waals surface area contributed by atoms with Crippen molar-refractivity contribution in [1.82, 2.24) is 4.98 Å². The Morgan fingerprint density at radius 3 is 2.43 bits per heavy atom. The number of nitriles is 1. The summed E-state index contributed by atoms with van der Waals surface area (Å²) in [6.07, 6.45) is 6.71. The third-order valence-corrected chi connectivity index (χ3v) is 6.30. The van der Waals surface area contributed by atoms with Crippen LogP contribution in [-0.2, 0) is 12.8 Å². The van der Waals surface area contributed by atoms with Crippen LogP contribution in [0.15, 0.2) is 34.9 Å². The Kier molecular flexibility index (Phi) is 3.77. The van der Waals surface area contributed by atoms with E-state index in [1.807, 2.05) is 31.3 Å². The van der Waals surface area contributed by atoms with Gasteiger partial charge in [-0.05, 0) is 92.5 Å². The Bertz CT molecular complexity index is 1300. The first kappa shape index (κ1) is 17.0. The van der Waals surface area contributed by atoms with Crippen LogP contribution >= 0.6 is 0 Å². The SMILES string of the molecule is Cc1cc(C#N)ccc1-c1nccc2c1oc1c(C)c3c(c(C)c12)CCCC3. The third-order valence-electron chi connectivity index (χ3n) is 6.30. The van der Waals surface area contributed by atoms with Gasteiger partial charge in [0.05, 0.1) is 11.6 Å². The van der Waals surface area contributed by atoms with Crippen molar-refractivity contribution >= 4 is 21.9 Å². The number of aryl methyl sites for hydroxylation is 3. The standard InChI is InChI=1S/C25H22N2O/c1-14-12-17(13-26)8-9-18(14)23-25-21(10-11-27-23)22-15(2)19-6-4-5-7-20(19)16(3)24(22)28-25/h8-12H,4-7H2,1-3H3. The maximum atomic E-state index is 9.17. The molecule has 28 heavy (non-hydrogen) atoms. The van der Waals surface area contributed by atoms with E-state index in [1.54, 1.807) is 0 Å². The van der Waals surface area contributed by atoms with Crippen LogP contribution in [0.4, 0.5) is 0 Å². The van der Waals surface area contributed by atoms with E-state index >= 15 is 0 Å². The Labute approximate surface area is 164 Å². The zero-order valence-corrected chi connectivity index (χ0v) is 16.5. The average Bonchev–Trinajstić information content (AvgIpc) is 3.12. The number of benzene rings is 2. The van der Waals surface area contributed by atoms with Crippen molar-refractivity contribution in [1.29, 1.82) is 5.26 Å². The molecule has 2 aromatic carbocycles. The Hall–Kier alpha value is -3.12. The van der Waals surface area contributed by atoms with Crippen molar-refractivity contribution in [2.45, 2.75) is 46.5 Å². The van der Waals surface area contributed by atoms with Gasteiger partial charge in [-0.25, -0.2) is 0 Å². The zero-order chi connectivity index (χ0) is 19.4. The van der Waals surface area contributed by atoms with Crippen molar-refractivity contribution in [2.24, 2.45) is 0 Å². The summed E-state index contributed by atoms with van der Waals surface area (Å²) in [7, 11) is 0. The van der Waals surface area contributed by atoms with Gasteiger partial charge < -0.3 is 4.42 Å². The van der Waals surface area contributed by atoms with Crippen LogP contribution in [0.25, 0.3) is 33.2 Å². The predicted octanol–water partition coefficient (Wildman–Crippen LogP) is 6.32. The van der Waals surface area contributed by atoms with E-state index < -0.39 is 0 Å². The van der Waals surface area contributed by atoms with Crippen LogP contribution in [0.1, 0.15) is 46.2 Å². The molecule has 0 fully saturated rings. The van der Waals surface area contributed by atoms with E-state index in [2.05, 4.69) is 31.0 Å². The molecule has 4 aromatic rings. The van der Waals surface area contributed by atoms with Crippen LogP contribution in [-0.4, -0.2) is 4.98 Å². The lowest BCUT2D eigenvalue weighted by molar-refractivity contribution is 0.652. The second kappa shape index (κ2) is 6.21. The van der Waals surface area contributed by atoms with Crippen LogP contribution < -0.4 is 0 Å². The molecule has 0 aliphatic heterocycles. The number of hydrogen-bond acceptors (Lipinski definition) is 3. The molecule has 0 N–H and O–H groups in total. The number of furan rings is 1. The van der Waals surface area contributed by atoms with Gasteiger partial charge in [0.1, 0.15) is 11.3 Å². The van der Waals surface area contributed by atoms with Crippen LogP contribution in [0.5, 0.6) is 0 Å². The van der Waals surface area contributed by atoms with E-state index in [0.717, 1.165) is 46.2 Å². The Balaban J connectivity index is 1.86. The Morgan fingerprint density at radius 2 is 1.71 bits per heavy atom. The predicted molar refractivity (Wildman–Crippen MR) is 113 cm³/mol. The molecule has 0 saturated heterocycles. The molecular formula is C25H22N2O. The van der Waals surface area contributed by atoms with Crippen LogP contribution in [0.2, 0.25) is 0 Å². The lowest BCUT2D eigenvalue weighted by atomic mass is 9.84. The summed E-state index contributed by atoms with van der Waals surface area (Å²) < 4.78 is 6.50. The van der Waals surface area contributed by atoms with E-state index in [0.29, 0.717) is 5.56 Å². The van der Waals surface area contributed by atoms with Gasteiger partial charge in [0.2, 0.25) is 0 Å². The second-order valence-electron chi connectivity index (χ2n) is 7.90. The largest absolute Gasteiger partial charge is 0.453 e. The van der Waals surface area contributed by atoms with Gasteiger partial charge in [-0.1, -0.05) is 6.07 Å². The monoisotopic (exact) mass is 366 g/mol. The van der Waals surface area contributed by atoms with E-state index in [4.69, 9.17) is 4.42 Å². The molecule has 1 aliphatic rings. The van der Waals surface area contributed by atoms with Gasteiger partial charge >= 0.3 is 0 Å². The smallest absolute Gasteiger partial charge is 0.161 e. The molecule has 2 aromatic heterocycles. The van der Waals surface area contributed by atoms with Crippen molar-refractivity contribution < 1.29 is 4.42 Å². The number of nitrogens with zero attached hydrogens (tertiary/aromatic N) is 2. The van der Waals surface area contributed by atoms with Gasteiger partial charge in [-0.2, -0.15) is 5.26 Å². The lowest BCUT2D eigenvalue weighted by Crippen LogP contribution is -2.07. The maximum Gasteiger partial charge on any atom is 0.161 e. The summed E-state index contributed by atoms with van der Waals surface area (Å²) in [6, 6.07) is 10.0. The topological polar surface area (TPSA) is 49.8 Å². The van der Waals surface area contributed by atoms with Gasteiger partial charge in [0.25, 0.3) is 0 Å². The first-order valence-corrected chi connectivity index (χ1v) is 9.93. The summed E-state index contributed by atoms with van der Waals surface area (Å²) in [6.45, 7) is 6.47. The fourth-order valence-corrected chi connectivity index (χ4v) is 4.87. The molecule has 0 radical (unpaired) electrons. The molecule has 1 aliphatic carbocycles. The van der Waals surface area contributed by atoms with Gasteiger partial charge in [-0.3, -0.25) is 4.98 Å². The highest BCUT2D eigenvalue weighted by molar-refractivity contribution is 6.11. The molecule has 0 bridgehead atoms. The zero-order valence-electron chi connectivity index (χ0n) is 16.5. The summed E-state index contributed by atoms with van der Waals surface area (Å²) in [4.78, 5) is 4.67. The van der Waals surface area contributed by atoms with E-state index in [1.165, 1.54) is 40.5 Å². The molecule has 3 nitrogen and oxygen atoms in total. The number of aromatic nitrogens is 1. The summed E-state index contributed by atoms with van der Waals surface area (Å²) >= 11 is 0. The van der Waals surface area contributed by atoms with Crippen LogP contribution in [0, 0.1) is 32.1 Å². The molecule has 0 amide bonds. The molecule has 0 unspecified atom stereocenters. The highest BCUT2D eigenvalue weighted by Crippen LogP contribution is 2.42. The maximum absolute atomic E-state index is 9.17. The number of hydrogen-bond donors (Lipinski definition) is 0. The van der Waals surface area contributed by atoms with Crippen molar-refractivity contribution in [3.05, 3.63) is 63.8 Å². The number of rotatable bonds is 1. The summed E-state index contributed by atoms with van der Waals surface area (Å²) in [5.74, 6) is 0. The first-order chi connectivity index (χ1) is 13.6. The molecule has 0 atom stereocenters. The molecular weight excluding hydrogens is 344 g/mol. The quantitative estimate of drug-likeness (QED) is 0.396. The van der Waals surface area contributed by atoms with Gasteiger partial charge in [0, 0.05) is 22.5 Å². The highest BCUT2D eigenvalue weighted by Gasteiger charge is 2.23. The van der Waals surface area contributed by atoms with Crippen molar-refractivity contribution in [3.63, 3.8) is 0 Å². The molecule has 0 spiro atoms. The minimum absolute atomic E-state index is 0.664. The fourth-order valence-electron chi connectivity index (χ4n) is 4.87. The first-order valence-electron chi connectivity index (χ1n) is 9.93. The molecule has 138 valence electrons. The fraction of sp³-hybridized carbons (Fsp3) is 0.280. The molecule has 3 heteroatoms. The van der Waals surface area contributed by atoms with Crippen LogP contribution in [0.3, 0.4) is 0 Å². The van der Waals surface area contributed by atoms with E-state index in [9.17, 15) is 5.26 Å². The van der Waals surface area contributed by atoms with Gasteiger partial charge in [0.15, 0.2) is 5.58 Å². The minimum atomic E-state index is 0.664. The average molecular weight is 366 g/mol. The minimum Gasteiger partial charge on any atom is -0.453 e. The third kappa shape index (κ3) is 2.31. The van der Waals surface area contributed by atoms with Gasteiger partial charge in [-0.15, -0.1) is 0 Å². The Morgan fingerprint density at radius 1 is 0.964 bits per heavy atom. The van der Waals surface area contributed by atoms with E-state index in [-0.39, 0.29) is 0 Å². The normalized spacial score (nSPS) is 13.6. The summed E-state index contributed by atoms with van der Waals surface area (Å²) in [5.41, 5.74) is 11.1. The molecule has 0 saturated carbocycles. The molecule has 2 heterocycles. The number of pyridine rings is 1.